The molecule has 0 saturated carbocycles. The fraction of sp³-hybridized carbons (Fsp3) is 0. The highest BCUT2D eigenvalue weighted by Gasteiger charge is 2.17. The summed E-state index contributed by atoms with van der Waals surface area (Å²) in [7, 11) is 0. The first-order valence-electron chi connectivity index (χ1n) is 17.6. The molecule has 0 amide bonds. The van der Waals surface area contributed by atoms with Crippen molar-refractivity contribution in [3.8, 4) is 33.5 Å². The van der Waals surface area contributed by atoms with E-state index in [-0.39, 0.29) is 0 Å². The number of benzene rings is 8. The second kappa shape index (κ2) is 12.4. The van der Waals surface area contributed by atoms with Crippen molar-refractivity contribution in [1.82, 2.24) is 4.98 Å². The van der Waals surface area contributed by atoms with Crippen molar-refractivity contribution < 1.29 is 4.42 Å². The number of anilines is 3. The smallest absolute Gasteiger partial charge is 0.136 e. The predicted octanol–water partition coefficient (Wildman–Crippen LogP) is 13.8. The van der Waals surface area contributed by atoms with Crippen molar-refractivity contribution in [1.29, 1.82) is 0 Å². The van der Waals surface area contributed by atoms with E-state index in [2.05, 4.69) is 181 Å². The van der Waals surface area contributed by atoms with Crippen LogP contribution in [0, 0.1) is 0 Å². The maximum absolute atomic E-state index is 6.30. The van der Waals surface area contributed by atoms with E-state index in [1.807, 2.05) is 18.2 Å². The van der Waals surface area contributed by atoms with E-state index >= 15 is 0 Å². The topological polar surface area (TPSA) is 29.3 Å². The van der Waals surface area contributed by atoms with E-state index < -0.39 is 0 Å². The van der Waals surface area contributed by atoms with Crippen LogP contribution in [0.4, 0.5) is 17.1 Å². The monoisotopic (exact) mass is 664 g/mol. The standard InChI is InChI=1S/C49H32N2O/c1-2-11-33(12-3-1)37-16-10-17-41(29-37)51(42-27-21-34-13-4-5-14-36(34)30-42)40-25-22-35(23-26-40)45-31-38-15-6-8-19-46(38)50-49(45)39-24-28-44-43-18-7-9-20-47(43)52-48(44)32-39/h1-32H. The molecule has 0 fully saturated rings. The molecule has 0 unspecified atom stereocenters. The van der Waals surface area contributed by atoms with Crippen LogP contribution in [-0.2, 0) is 0 Å². The Labute approximate surface area is 301 Å². The van der Waals surface area contributed by atoms with Gasteiger partial charge in [0, 0.05) is 44.3 Å². The molecule has 0 N–H and O–H groups in total. The molecule has 3 nitrogen and oxygen atoms in total. The van der Waals surface area contributed by atoms with Crippen LogP contribution in [0.25, 0.3) is 77.1 Å². The summed E-state index contributed by atoms with van der Waals surface area (Å²) < 4.78 is 6.30. The third kappa shape index (κ3) is 5.28. The Morgan fingerprint density at radius 2 is 1.04 bits per heavy atom. The molecule has 0 spiro atoms. The summed E-state index contributed by atoms with van der Waals surface area (Å²) in [6.07, 6.45) is 0. The van der Waals surface area contributed by atoms with Crippen LogP contribution in [0.5, 0.6) is 0 Å². The Hall–Kier alpha value is -6.97. The van der Waals surface area contributed by atoms with Gasteiger partial charge in [-0.25, -0.2) is 4.98 Å². The molecule has 244 valence electrons. The van der Waals surface area contributed by atoms with Gasteiger partial charge in [0.05, 0.1) is 11.2 Å². The molecule has 3 heteroatoms. The van der Waals surface area contributed by atoms with Crippen LogP contribution in [0.3, 0.4) is 0 Å². The molecule has 8 aromatic carbocycles. The lowest BCUT2D eigenvalue weighted by Gasteiger charge is -2.26. The lowest BCUT2D eigenvalue weighted by atomic mass is 9.96. The zero-order valence-electron chi connectivity index (χ0n) is 28.3. The second-order valence-corrected chi connectivity index (χ2v) is 13.2. The molecule has 0 aliphatic carbocycles. The van der Waals surface area contributed by atoms with E-state index in [4.69, 9.17) is 9.40 Å². The summed E-state index contributed by atoms with van der Waals surface area (Å²) in [5, 5.41) is 5.75. The molecule has 0 atom stereocenters. The number of nitrogens with zero attached hydrogens (tertiary/aromatic N) is 2. The lowest BCUT2D eigenvalue weighted by Crippen LogP contribution is -2.10. The van der Waals surface area contributed by atoms with Crippen molar-refractivity contribution in [2.75, 3.05) is 4.90 Å². The van der Waals surface area contributed by atoms with Crippen LogP contribution in [0.1, 0.15) is 0 Å². The molecule has 2 heterocycles. The Morgan fingerprint density at radius 1 is 0.365 bits per heavy atom. The first-order chi connectivity index (χ1) is 25.7. The number of pyridine rings is 1. The van der Waals surface area contributed by atoms with Crippen LogP contribution in [-0.4, -0.2) is 4.98 Å². The van der Waals surface area contributed by atoms with E-state index in [1.165, 1.54) is 21.9 Å². The van der Waals surface area contributed by atoms with Gasteiger partial charge in [-0.1, -0.05) is 127 Å². The van der Waals surface area contributed by atoms with Crippen LogP contribution >= 0.6 is 0 Å². The van der Waals surface area contributed by atoms with Crippen LogP contribution in [0.2, 0.25) is 0 Å². The molecular weight excluding hydrogens is 633 g/mol. The van der Waals surface area contributed by atoms with E-state index in [0.717, 1.165) is 72.3 Å². The fourth-order valence-corrected chi connectivity index (χ4v) is 7.44. The minimum atomic E-state index is 0.860. The second-order valence-electron chi connectivity index (χ2n) is 13.2. The summed E-state index contributed by atoms with van der Waals surface area (Å²) in [5.74, 6) is 0. The summed E-state index contributed by atoms with van der Waals surface area (Å²) >= 11 is 0. The Kier molecular flexibility index (Phi) is 7.14. The molecule has 10 aromatic rings. The van der Waals surface area contributed by atoms with Gasteiger partial charge in [-0.15, -0.1) is 0 Å². The van der Waals surface area contributed by atoms with Gasteiger partial charge in [0.25, 0.3) is 0 Å². The normalized spacial score (nSPS) is 11.5. The number of rotatable bonds is 6. The number of furan rings is 1. The first kappa shape index (κ1) is 29.9. The Balaban J connectivity index is 1.11. The molecule has 0 bridgehead atoms. The number of fused-ring (bicyclic) bond motifs is 5. The van der Waals surface area contributed by atoms with Crippen molar-refractivity contribution in [3.05, 3.63) is 194 Å². The molecule has 0 radical (unpaired) electrons. The van der Waals surface area contributed by atoms with E-state index in [1.54, 1.807) is 0 Å². The molecule has 0 aliphatic rings. The largest absolute Gasteiger partial charge is 0.456 e. The summed E-state index contributed by atoms with van der Waals surface area (Å²) in [6.45, 7) is 0. The quantitative estimate of drug-likeness (QED) is 0.177. The van der Waals surface area contributed by atoms with Crippen molar-refractivity contribution in [3.63, 3.8) is 0 Å². The van der Waals surface area contributed by atoms with Crippen LogP contribution < -0.4 is 4.90 Å². The lowest BCUT2D eigenvalue weighted by molar-refractivity contribution is 0.669. The molecule has 52 heavy (non-hydrogen) atoms. The zero-order valence-corrected chi connectivity index (χ0v) is 28.3. The SMILES string of the molecule is c1ccc(-c2cccc(N(c3ccc(-c4cc5ccccc5nc4-c4ccc5c(c4)oc4ccccc45)cc3)c3ccc4ccccc4c3)c2)cc1. The van der Waals surface area contributed by atoms with Gasteiger partial charge in [0.15, 0.2) is 0 Å². The fourth-order valence-electron chi connectivity index (χ4n) is 7.44. The van der Waals surface area contributed by atoms with Gasteiger partial charge in [0.2, 0.25) is 0 Å². The number of para-hydroxylation sites is 2. The Morgan fingerprint density at radius 3 is 1.92 bits per heavy atom. The van der Waals surface area contributed by atoms with E-state index in [9.17, 15) is 0 Å². The minimum absolute atomic E-state index is 0.860. The van der Waals surface area contributed by atoms with Crippen molar-refractivity contribution >= 4 is 60.7 Å². The number of aromatic nitrogens is 1. The molecular formula is C49H32N2O. The predicted molar refractivity (Wildman–Crippen MR) is 218 cm³/mol. The summed E-state index contributed by atoms with van der Waals surface area (Å²) in [4.78, 5) is 7.60. The highest BCUT2D eigenvalue weighted by atomic mass is 16.3. The summed E-state index contributed by atoms with van der Waals surface area (Å²) in [5.41, 5.74) is 12.5. The molecule has 2 aromatic heterocycles. The van der Waals surface area contributed by atoms with Gasteiger partial charge in [0.1, 0.15) is 11.2 Å². The first-order valence-corrected chi connectivity index (χ1v) is 17.6. The van der Waals surface area contributed by atoms with Gasteiger partial charge in [-0.2, -0.15) is 0 Å². The third-order valence-electron chi connectivity index (χ3n) is 10.0. The zero-order chi connectivity index (χ0) is 34.4. The molecule has 0 aliphatic heterocycles. The van der Waals surface area contributed by atoms with Gasteiger partial charge < -0.3 is 9.32 Å². The van der Waals surface area contributed by atoms with Crippen molar-refractivity contribution in [2.24, 2.45) is 0 Å². The maximum Gasteiger partial charge on any atom is 0.136 e. The summed E-state index contributed by atoms with van der Waals surface area (Å²) in [6, 6.07) is 68.7. The maximum atomic E-state index is 6.30. The third-order valence-corrected chi connectivity index (χ3v) is 10.0. The van der Waals surface area contributed by atoms with Gasteiger partial charge >= 0.3 is 0 Å². The Bertz CT molecular complexity index is 2910. The highest BCUT2D eigenvalue weighted by molar-refractivity contribution is 6.06. The van der Waals surface area contributed by atoms with Crippen molar-refractivity contribution in [2.45, 2.75) is 0 Å². The number of hydrogen-bond donors (Lipinski definition) is 0. The number of hydrogen-bond acceptors (Lipinski definition) is 3. The van der Waals surface area contributed by atoms with Gasteiger partial charge in [-0.3, -0.25) is 0 Å². The van der Waals surface area contributed by atoms with E-state index in [0.29, 0.717) is 0 Å². The van der Waals surface area contributed by atoms with Gasteiger partial charge in [-0.05, 0) is 94.2 Å². The van der Waals surface area contributed by atoms with Crippen LogP contribution in [0.15, 0.2) is 199 Å². The molecule has 10 rings (SSSR count). The average Bonchev–Trinajstić information content (AvgIpc) is 3.59. The highest BCUT2D eigenvalue weighted by Crippen LogP contribution is 2.41. The molecule has 0 saturated heterocycles. The average molecular weight is 665 g/mol. The minimum Gasteiger partial charge on any atom is -0.456 e.